The van der Waals surface area contributed by atoms with E-state index in [4.69, 9.17) is 9.72 Å². The van der Waals surface area contributed by atoms with Crippen molar-refractivity contribution in [1.29, 1.82) is 0 Å². The van der Waals surface area contributed by atoms with E-state index < -0.39 is 0 Å². The molecule has 0 aliphatic rings. The van der Waals surface area contributed by atoms with Crippen molar-refractivity contribution >= 4 is 17.1 Å². The fourth-order valence-corrected chi connectivity index (χ4v) is 3.24. The van der Waals surface area contributed by atoms with Gasteiger partial charge in [-0.25, -0.2) is 14.4 Å². The summed E-state index contributed by atoms with van der Waals surface area (Å²) in [6, 6.07) is 12.5. The molecule has 0 bridgehead atoms. The Morgan fingerprint density at radius 3 is 2.40 bits per heavy atom. The van der Waals surface area contributed by atoms with Gasteiger partial charge in [-0.05, 0) is 50.6 Å². The average molecular weight is 403 g/mol. The van der Waals surface area contributed by atoms with Gasteiger partial charge in [0.2, 0.25) is 11.8 Å². The van der Waals surface area contributed by atoms with Gasteiger partial charge in [0.05, 0.1) is 18.5 Å². The van der Waals surface area contributed by atoms with Crippen LogP contribution in [0.25, 0.3) is 22.4 Å². The Morgan fingerprint density at radius 2 is 1.70 bits per heavy atom. The first-order valence-electron chi connectivity index (χ1n) is 9.76. The maximum Gasteiger partial charge on any atom is 0.247 e. The molecule has 0 radical (unpaired) electrons. The predicted octanol–water partition coefficient (Wildman–Crippen LogP) is 4.85. The third kappa shape index (κ3) is 4.35. The standard InChI is InChI=1S/C23H22FN5O/c1-4-30-22-20-21(25-13-19(27-20)17-10-14(2)9-15(3)11-17)28-23(29-22)26-12-16-5-7-18(24)8-6-16/h5-11,13H,4,12H2,1-3H3,(H,25,26,28,29). The zero-order chi connectivity index (χ0) is 21.1. The molecule has 0 saturated heterocycles. The molecular weight excluding hydrogens is 381 g/mol. The first-order chi connectivity index (χ1) is 14.5. The molecule has 1 N–H and O–H groups in total. The quantitative estimate of drug-likeness (QED) is 0.496. The van der Waals surface area contributed by atoms with Crippen LogP contribution in [0, 0.1) is 19.7 Å². The first kappa shape index (κ1) is 19.7. The Kier molecular flexibility index (Phi) is 5.52. The highest BCUT2D eigenvalue weighted by Gasteiger charge is 2.14. The van der Waals surface area contributed by atoms with Gasteiger partial charge in [0.25, 0.3) is 0 Å². The maximum absolute atomic E-state index is 13.1. The average Bonchev–Trinajstić information content (AvgIpc) is 2.72. The number of nitrogens with zero attached hydrogens (tertiary/aromatic N) is 4. The van der Waals surface area contributed by atoms with E-state index in [0.29, 0.717) is 36.1 Å². The van der Waals surface area contributed by atoms with Gasteiger partial charge in [0.1, 0.15) is 5.82 Å². The number of nitrogens with one attached hydrogen (secondary N) is 1. The number of rotatable bonds is 6. The van der Waals surface area contributed by atoms with Crippen molar-refractivity contribution in [1.82, 2.24) is 19.9 Å². The van der Waals surface area contributed by atoms with E-state index in [-0.39, 0.29) is 5.82 Å². The van der Waals surface area contributed by atoms with Crippen LogP contribution in [0.4, 0.5) is 10.3 Å². The number of anilines is 1. The van der Waals surface area contributed by atoms with E-state index in [2.05, 4.69) is 52.3 Å². The largest absolute Gasteiger partial charge is 0.476 e. The van der Waals surface area contributed by atoms with Gasteiger partial charge in [-0.1, -0.05) is 29.3 Å². The second kappa shape index (κ2) is 8.41. The number of fused-ring (bicyclic) bond motifs is 1. The summed E-state index contributed by atoms with van der Waals surface area (Å²) in [7, 11) is 0. The third-order valence-electron chi connectivity index (χ3n) is 4.54. The number of hydrogen-bond donors (Lipinski definition) is 1. The molecule has 0 unspecified atom stereocenters. The Morgan fingerprint density at radius 1 is 0.967 bits per heavy atom. The number of ether oxygens (including phenoxy) is 1. The van der Waals surface area contributed by atoms with Crippen molar-refractivity contribution in [3.05, 3.63) is 71.2 Å². The van der Waals surface area contributed by atoms with Crippen LogP contribution in [0.2, 0.25) is 0 Å². The summed E-state index contributed by atoms with van der Waals surface area (Å²) >= 11 is 0. The normalized spacial score (nSPS) is 10.9. The van der Waals surface area contributed by atoms with E-state index in [1.807, 2.05) is 6.92 Å². The van der Waals surface area contributed by atoms with Gasteiger partial charge in [-0.15, -0.1) is 0 Å². The summed E-state index contributed by atoms with van der Waals surface area (Å²) in [4.78, 5) is 18.2. The highest BCUT2D eigenvalue weighted by molar-refractivity contribution is 5.79. The lowest BCUT2D eigenvalue weighted by Gasteiger charge is -2.11. The summed E-state index contributed by atoms with van der Waals surface area (Å²) in [6.07, 6.45) is 1.71. The van der Waals surface area contributed by atoms with Crippen molar-refractivity contribution in [2.45, 2.75) is 27.3 Å². The van der Waals surface area contributed by atoms with Gasteiger partial charge in [0.15, 0.2) is 11.2 Å². The summed E-state index contributed by atoms with van der Waals surface area (Å²) in [5.74, 6) is 0.487. The first-order valence-corrected chi connectivity index (χ1v) is 9.76. The molecule has 0 saturated carbocycles. The molecule has 0 amide bonds. The number of benzene rings is 2. The number of aromatic nitrogens is 4. The van der Waals surface area contributed by atoms with Crippen LogP contribution in [0.15, 0.2) is 48.7 Å². The molecule has 2 aromatic carbocycles. The summed E-state index contributed by atoms with van der Waals surface area (Å²) in [6.45, 7) is 6.89. The molecule has 0 atom stereocenters. The maximum atomic E-state index is 13.1. The van der Waals surface area contributed by atoms with Crippen molar-refractivity contribution < 1.29 is 9.13 Å². The lowest BCUT2D eigenvalue weighted by molar-refractivity contribution is 0.330. The number of aryl methyl sites for hydroxylation is 2. The summed E-state index contributed by atoms with van der Waals surface area (Å²) in [5.41, 5.74) is 5.93. The van der Waals surface area contributed by atoms with Crippen LogP contribution >= 0.6 is 0 Å². The topological polar surface area (TPSA) is 72.8 Å². The van der Waals surface area contributed by atoms with Crippen LogP contribution < -0.4 is 10.1 Å². The van der Waals surface area contributed by atoms with E-state index in [1.54, 1.807) is 18.3 Å². The van der Waals surface area contributed by atoms with Crippen molar-refractivity contribution in [3.8, 4) is 17.1 Å². The molecule has 0 aliphatic carbocycles. The van der Waals surface area contributed by atoms with Crippen molar-refractivity contribution in [2.24, 2.45) is 0 Å². The zero-order valence-corrected chi connectivity index (χ0v) is 17.1. The molecule has 6 nitrogen and oxygen atoms in total. The molecule has 0 fully saturated rings. The minimum Gasteiger partial charge on any atom is -0.476 e. The van der Waals surface area contributed by atoms with Crippen LogP contribution in [-0.4, -0.2) is 26.5 Å². The van der Waals surface area contributed by atoms with Crippen LogP contribution in [0.3, 0.4) is 0 Å². The zero-order valence-electron chi connectivity index (χ0n) is 17.1. The van der Waals surface area contributed by atoms with Crippen molar-refractivity contribution in [3.63, 3.8) is 0 Å². The van der Waals surface area contributed by atoms with Crippen molar-refractivity contribution in [2.75, 3.05) is 11.9 Å². The second-order valence-corrected chi connectivity index (χ2v) is 7.07. The molecule has 4 rings (SSSR count). The molecule has 2 heterocycles. The summed E-state index contributed by atoms with van der Waals surface area (Å²) < 4.78 is 18.8. The highest BCUT2D eigenvalue weighted by atomic mass is 19.1. The van der Waals surface area contributed by atoms with Gasteiger partial charge in [-0.3, -0.25) is 0 Å². The molecule has 2 aromatic heterocycles. The fraction of sp³-hybridized carbons (Fsp3) is 0.217. The van der Waals surface area contributed by atoms with E-state index in [9.17, 15) is 4.39 Å². The van der Waals surface area contributed by atoms with Gasteiger partial charge >= 0.3 is 0 Å². The van der Waals surface area contributed by atoms with E-state index in [0.717, 1.165) is 27.9 Å². The molecule has 30 heavy (non-hydrogen) atoms. The lowest BCUT2D eigenvalue weighted by Crippen LogP contribution is -2.07. The van der Waals surface area contributed by atoms with Gasteiger partial charge < -0.3 is 10.1 Å². The third-order valence-corrected chi connectivity index (χ3v) is 4.54. The SMILES string of the molecule is CCOc1nc(NCc2ccc(F)cc2)nc2ncc(-c3cc(C)cc(C)c3)nc12. The van der Waals surface area contributed by atoms with E-state index in [1.165, 1.54) is 12.1 Å². The number of hydrogen-bond acceptors (Lipinski definition) is 6. The van der Waals surface area contributed by atoms with Gasteiger partial charge in [-0.2, -0.15) is 9.97 Å². The van der Waals surface area contributed by atoms with Gasteiger partial charge in [0, 0.05) is 12.1 Å². The molecule has 7 heteroatoms. The van der Waals surface area contributed by atoms with Crippen LogP contribution in [0.5, 0.6) is 5.88 Å². The Balaban J connectivity index is 1.68. The minimum atomic E-state index is -0.269. The monoisotopic (exact) mass is 403 g/mol. The molecule has 0 spiro atoms. The summed E-state index contributed by atoms with van der Waals surface area (Å²) in [5, 5.41) is 3.14. The molecule has 0 aliphatic heterocycles. The second-order valence-electron chi connectivity index (χ2n) is 7.07. The fourth-order valence-electron chi connectivity index (χ4n) is 3.24. The van der Waals surface area contributed by atoms with E-state index >= 15 is 0 Å². The molecule has 152 valence electrons. The highest BCUT2D eigenvalue weighted by Crippen LogP contribution is 2.26. The smallest absolute Gasteiger partial charge is 0.247 e. The van der Waals surface area contributed by atoms with Crippen LogP contribution in [-0.2, 0) is 6.54 Å². The Hall–Kier alpha value is -3.61. The lowest BCUT2D eigenvalue weighted by atomic mass is 10.1. The minimum absolute atomic E-state index is 0.269. The molecule has 4 aromatic rings. The van der Waals surface area contributed by atoms with Crippen LogP contribution in [0.1, 0.15) is 23.6 Å². The Bertz CT molecular complexity index is 1170. The number of halogens is 1. The molecular formula is C23H22FN5O. The Labute approximate surface area is 174 Å². The predicted molar refractivity (Wildman–Crippen MR) is 115 cm³/mol.